The van der Waals surface area contributed by atoms with Crippen LogP contribution in [0.1, 0.15) is 48.0 Å². The van der Waals surface area contributed by atoms with Gasteiger partial charge in [0, 0.05) is 17.0 Å². The Morgan fingerprint density at radius 3 is 2.46 bits per heavy atom. The van der Waals surface area contributed by atoms with Crippen molar-refractivity contribution in [1.29, 1.82) is 0 Å². The average Bonchev–Trinajstić information content (AvgIpc) is 3.36. The van der Waals surface area contributed by atoms with E-state index in [1.807, 2.05) is 32.9 Å². The van der Waals surface area contributed by atoms with E-state index in [-0.39, 0.29) is 17.9 Å². The number of rotatable bonds is 5. The number of oxazole rings is 1. The van der Waals surface area contributed by atoms with E-state index in [1.165, 1.54) is 17.7 Å². The SMILES string of the molecule is Cc1oc(-c2ccc(C(C)C)cc2)nc1Cn1c(=O)cc(C)c2c(C)nn(-c3cccc(F)c3)c21. The fourth-order valence-electron chi connectivity index (χ4n) is 4.46. The van der Waals surface area contributed by atoms with Gasteiger partial charge < -0.3 is 4.42 Å². The molecular formula is C28H27FN4O2. The Balaban J connectivity index is 1.63. The van der Waals surface area contributed by atoms with Gasteiger partial charge in [0.2, 0.25) is 5.89 Å². The summed E-state index contributed by atoms with van der Waals surface area (Å²) in [5.41, 5.74) is 5.33. The minimum atomic E-state index is -0.370. The highest BCUT2D eigenvalue weighted by Gasteiger charge is 2.20. The van der Waals surface area contributed by atoms with Crippen molar-refractivity contribution in [3.8, 4) is 17.1 Å². The smallest absolute Gasteiger partial charge is 0.252 e. The number of nitrogens with zero attached hydrogens (tertiary/aromatic N) is 4. The molecule has 6 nitrogen and oxygen atoms in total. The molecule has 0 atom stereocenters. The van der Waals surface area contributed by atoms with E-state index >= 15 is 0 Å². The van der Waals surface area contributed by atoms with Gasteiger partial charge in [-0.05, 0) is 68.1 Å². The summed E-state index contributed by atoms with van der Waals surface area (Å²) < 4.78 is 23.3. The Morgan fingerprint density at radius 2 is 1.77 bits per heavy atom. The molecule has 0 saturated carbocycles. The molecular weight excluding hydrogens is 443 g/mol. The van der Waals surface area contributed by atoms with Crippen LogP contribution in [-0.4, -0.2) is 19.3 Å². The fourth-order valence-corrected chi connectivity index (χ4v) is 4.46. The second-order valence-electron chi connectivity index (χ2n) is 9.23. The van der Waals surface area contributed by atoms with Gasteiger partial charge in [0.05, 0.1) is 17.9 Å². The van der Waals surface area contributed by atoms with Crippen molar-refractivity contribution in [3.05, 3.63) is 99.0 Å². The Morgan fingerprint density at radius 1 is 1.03 bits per heavy atom. The predicted molar refractivity (Wildman–Crippen MR) is 135 cm³/mol. The highest BCUT2D eigenvalue weighted by Crippen LogP contribution is 2.27. The lowest BCUT2D eigenvalue weighted by Crippen LogP contribution is -2.23. The molecule has 3 aromatic heterocycles. The zero-order valence-corrected chi connectivity index (χ0v) is 20.5. The molecule has 2 aromatic carbocycles. The first-order valence-corrected chi connectivity index (χ1v) is 11.6. The van der Waals surface area contributed by atoms with E-state index in [0.717, 1.165) is 22.2 Å². The Kier molecular flexibility index (Phi) is 5.63. The van der Waals surface area contributed by atoms with Gasteiger partial charge in [-0.15, -0.1) is 0 Å². The van der Waals surface area contributed by atoms with Crippen LogP contribution in [0.4, 0.5) is 4.39 Å². The van der Waals surface area contributed by atoms with Crippen molar-refractivity contribution in [1.82, 2.24) is 19.3 Å². The van der Waals surface area contributed by atoms with Crippen LogP contribution in [0, 0.1) is 26.6 Å². The molecule has 0 aliphatic heterocycles. The highest BCUT2D eigenvalue weighted by atomic mass is 19.1. The van der Waals surface area contributed by atoms with E-state index in [1.54, 1.807) is 27.4 Å². The lowest BCUT2D eigenvalue weighted by atomic mass is 10.0. The van der Waals surface area contributed by atoms with Crippen molar-refractivity contribution < 1.29 is 8.81 Å². The number of fused-ring (bicyclic) bond motifs is 1. The molecule has 0 aliphatic rings. The third-order valence-corrected chi connectivity index (χ3v) is 6.37. The summed E-state index contributed by atoms with van der Waals surface area (Å²) in [5, 5.41) is 5.51. The van der Waals surface area contributed by atoms with Gasteiger partial charge in [0.15, 0.2) is 0 Å². The Hall–Kier alpha value is -4.00. The van der Waals surface area contributed by atoms with Gasteiger partial charge in [-0.25, -0.2) is 14.1 Å². The van der Waals surface area contributed by atoms with Crippen LogP contribution < -0.4 is 5.56 Å². The number of pyridine rings is 1. The molecule has 0 unspecified atom stereocenters. The molecule has 178 valence electrons. The lowest BCUT2D eigenvalue weighted by Gasteiger charge is -2.11. The largest absolute Gasteiger partial charge is 0.441 e. The first-order valence-electron chi connectivity index (χ1n) is 11.6. The molecule has 5 aromatic rings. The van der Waals surface area contributed by atoms with Crippen molar-refractivity contribution in [2.45, 2.75) is 47.1 Å². The number of aryl methyl sites for hydroxylation is 3. The van der Waals surface area contributed by atoms with Gasteiger partial charge in [0.25, 0.3) is 5.56 Å². The van der Waals surface area contributed by atoms with Gasteiger partial charge in [0.1, 0.15) is 22.9 Å². The zero-order chi connectivity index (χ0) is 24.9. The molecule has 0 fully saturated rings. The van der Waals surface area contributed by atoms with Gasteiger partial charge in [-0.3, -0.25) is 9.36 Å². The number of halogens is 1. The molecule has 35 heavy (non-hydrogen) atoms. The lowest BCUT2D eigenvalue weighted by molar-refractivity contribution is 0.537. The first kappa shape index (κ1) is 22.8. The quantitative estimate of drug-likeness (QED) is 0.312. The van der Waals surface area contributed by atoms with Gasteiger partial charge in [-0.1, -0.05) is 32.0 Å². The van der Waals surface area contributed by atoms with Crippen LogP contribution in [-0.2, 0) is 6.54 Å². The zero-order valence-electron chi connectivity index (χ0n) is 20.5. The highest BCUT2D eigenvalue weighted by molar-refractivity contribution is 5.83. The molecule has 5 rings (SSSR count). The molecule has 0 N–H and O–H groups in total. The molecule has 0 bridgehead atoms. The van der Waals surface area contributed by atoms with Crippen LogP contribution in [0.2, 0.25) is 0 Å². The monoisotopic (exact) mass is 470 g/mol. The Labute approximate surface area is 202 Å². The summed E-state index contributed by atoms with van der Waals surface area (Å²) in [7, 11) is 0. The number of aromatic nitrogens is 4. The molecule has 0 aliphatic carbocycles. The first-order chi connectivity index (χ1) is 16.7. The minimum Gasteiger partial charge on any atom is -0.441 e. The number of hydrogen-bond acceptors (Lipinski definition) is 4. The molecule has 0 radical (unpaired) electrons. The summed E-state index contributed by atoms with van der Waals surface area (Å²) in [6, 6.07) is 16.0. The number of hydrogen-bond donors (Lipinski definition) is 0. The van der Waals surface area contributed by atoms with E-state index < -0.39 is 0 Å². The fraction of sp³-hybridized carbons (Fsp3) is 0.250. The van der Waals surface area contributed by atoms with Crippen LogP contribution in [0.3, 0.4) is 0 Å². The van der Waals surface area contributed by atoms with Crippen LogP contribution in [0.15, 0.2) is 63.8 Å². The second-order valence-corrected chi connectivity index (χ2v) is 9.23. The standard InChI is InChI=1S/C28H27FN4O2/c1-16(2)20-9-11-21(12-10-20)27-30-24(19(5)35-27)15-32-25(34)13-17(3)26-18(4)31-33(28(26)32)23-8-6-7-22(29)14-23/h6-14,16H,15H2,1-5H3. The summed E-state index contributed by atoms with van der Waals surface area (Å²) in [6.07, 6.45) is 0. The molecule has 7 heteroatoms. The Bertz CT molecular complexity index is 1610. The van der Waals surface area contributed by atoms with Crippen LogP contribution >= 0.6 is 0 Å². The van der Waals surface area contributed by atoms with E-state index in [2.05, 4.69) is 31.1 Å². The number of benzene rings is 2. The maximum atomic E-state index is 14.0. The summed E-state index contributed by atoms with van der Waals surface area (Å²) in [5.74, 6) is 1.22. The van der Waals surface area contributed by atoms with E-state index in [9.17, 15) is 9.18 Å². The minimum absolute atomic E-state index is 0.183. The van der Waals surface area contributed by atoms with Crippen molar-refractivity contribution >= 4 is 11.0 Å². The summed E-state index contributed by atoms with van der Waals surface area (Å²) in [4.78, 5) is 17.9. The van der Waals surface area contributed by atoms with Crippen molar-refractivity contribution in [2.24, 2.45) is 0 Å². The molecule has 0 saturated heterocycles. The average molecular weight is 471 g/mol. The second kappa shape index (κ2) is 8.65. The third kappa shape index (κ3) is 4.07. The van der Waals surface area contributed by atoms with Gasteiger partial charge in [-0.2, -0.15) is 5.10 Å². The maximum Gasteiger partial charge on any atom is 0.252 e. The molecule has 0 spiro atoms. The predicted octanol–water partition coefficient (Wildman–Crippen LogP) is 6.08. The van der Waals surface area contributed by atoms with Crippen LogP contribution in [0.25, 0.3) is 28.2 Å². The van der Waals surface area contributed by atoms with Crippen molar-refractivity contribution in [2.75, 3.05) is 0 Å². The molecule has 3 heterocycles. The molecule has 0 amide bonds. The summed E-state index contributed by atoms with van der Waals surface area (Å²) >= 11 is 0. The van der Waals surface area contributed by atoms with E-state index in [4.69, 9.17) is 9.40 Å². The normalized spacial score (nSPS) is 11.6. The van der Waals surface area contributed by atoms with Gasteiger partial charge >= 0.3 is 0 Å². The summed E-state index contributed by atoms with van der Waals surface area (Å²) in [6.45, 7) is 10.1. The van der Waals surface area contributed by atoms with Crippen molar-refractivity contribution in [3.63, 3.8) is 0 Å². The van der Waals surface area contributed by atoms with E-state index in [0.29, 0.717) is 34.6 Å². The topological polar surface area (TPSA) is 65.8 Å². The van der Waals surface area contributed by atoms with Crippen LogP contribution in [0.5, 0.6) is 0 Å². The maximum absolute atomic E-state index is 14.0. The third-order valence-electron chi connectivity index (χ3n) is 6.37.